The number of carboxylic acids is 1. The van der Waals surface area contributed by atoms with Gasteiger partial charge in [-0.05, 0) is 42.6 Å². The summed E-state index contributed by atoms with van der Waals surface area (Å²) >= 11 is 0. The Bertz CT molecular complexity index is 1230. The van der Waals surface area contributed by atoms with Crippen molar-refractivity contribution in [2.45, 2.75) is 36.9 Å². The second-order valence-electron chi connectivity index (χ2n) is 9.29. The predicted octanol–water partition coefficient (Wildman–Crippen LogP) is 1.65. The molecule has 3 aromatic rings. The van der Waals surface area contributed by atoms with Crippen LogP contribution in [0.25, 0.3) is 0 Å². The fourth-order valence-corrected chi connectivity index (χ4v) is 4.86. The van der Waals surface area contributed by atoms with Crippen LogP contribution in [0.1, 0.15) is 47.3 Å². The number of hydrogen-bond acceptors (Lipinski definition) is 6. The number of nitrogens with one attached hydrogen (secondary N) is 5. The first kappa shape index (κ1) is 26.8. The number of Topliss-reactive ketones (excluding diaryl/α,β-unsaturated/α-hetero) is 1. The van der Waals surface area contributed by atoms with Crippen molar-refractivity contribution < 1.29 is 19.5 Å². The van der Waals surface area contributed by atoms with Gasteiger partial charge in [-0.15, -0.1) is 0 Å². The predicted molar refractivity (Wildman–Crippen MR) is 143 cm³/mol. The summed E-state index contributed by atoms with van der Waals surface area (Å²) in [6, 6.07) is 19.4. The van der Waals surface area contributed by atoms with Crippen LogP contribution in [0.5, 0.6) is 0 Å². The number of aliphatic carboxylic acids is 1. The molecule has 0 aliphatic carbocycles. The van der Waals surface area contributed by atoms with Crippen molar-refractivity contribution in [2.75, 3.05) is 13.1 Å². The van der Waals surface area contributed by atoms with Crippen molar-refractivity contribution in [3.05, 3.63) is 95.3 Å². The van der Waals surface area contributed by atoms with Gasteiger partial charge in [0, 0.05) is 11.6 Å². The molecule has 0 bridgehead atoms. The molecule has 1 aromatic heterocycles. The Kier molecular flexibility index (Phi) is 8.67. The van der Waals surface area contributed by atoms with Gasteiger partial charge in [0.2, 0.25) is 5.91 Å². The maximum atomic E-state index is 14.0. The van der Waals surface area contributed by atoms with Crippen molar-refractivity contribution >= 4 is 23.5 Å². The lowest BCUT2D eigenvalue weighted by Gasteiger charge is -2.30. The van der Waals surface area contributed by atoms with Gasteiger partial charge in [0.05, 0.1) is 24.3 Å². The van der Waals surface area contributed by atoms with Crippen molar-refractivity contribution in [3.8, 4) is 0 Å². The number of aromatic amines is 1. The summed E-state index contributed by atoms with van der Waals surface area (Å²) in [7, 11) is 0. The number of benzene rings is 2. The van der Waals surface area contributed by atoms with E-state index in [1.54, 1.807) is 12.1 Å². The van der Waals surface area contributed by atoms with Crippen LogP contribution in [0.15, 0.2) is 72.8 Å². The molecular formula is C28H32N6O4. The first-order chi connectivity index (χ1) is 18.3. The number of carbonyl (C=O) groups excluding carboxylic acids is 2. The fraction of sp³-hybridized carbons (Fsp3) is 0.286. The Hall–Kier alpha value is -4.28. The van der Waals surface area contributed by atoms with Gasteiger partial charge in [-0.3, -0.25) is 25.1 Å². The average molecular weight is 517 g/mol. The highest BCUT2D eigenvalue weighted by atomic mass is 16.4. The van der Waals surface area contributed by atoms with Gasteiger partial charge in [0.1, 0.15) is 11.9 Å². The highest BCUT2D eigenvalue weighted by Gasteiger charge is 2.37. The van der Waals surface area contributed by atoms with Crippen LogP contribution in [0, 0.1) is 5.41 Å². The molecule has 1 aliphatic rings. The lowest BCUT2D eigenvalue weighted by atomic mass is 9.84. The number of ketones is 1. The number of carboxylic acid groups (broad SMARTS) is 1. The molecule has 10 heteroatoms. The highest BCUT2D eigenvalue weighted by Crippen LogP contribution is 2.29. The molecule has 3 atom stereocenters. The molecule has 1 fully saturated rings. The summed E-state index contributed by atoms with van der Waals surface area (Å²) in [5.41, 5.74) is 7.97. The largest absolute Gasteiger partial charge is 0.480 e. The fourth-order valence-electron chi connectivity index (χ4n) is 4.86. The Labute approximate surface area is 220 Å². The van der Waals surface area contributed by atoms with Gasteiger partial charge in [-0.2, -0.15) is 0 Å². The van der Waals surface area contributed by atoms with Gasteiger partial charge >= 0.3 is 5.97 Å². The highest BCUT2D eigenvalue weighted by molar-refractivity contribution is 5.96. The van der Waals surface area contributed by atoms with E-state index in [1.165, 1.54) is 0 Å². The van der Waals surface area contributed by atoms with Gasteiger partial charge < -0.3 is 26.5 Å². The minimum atomic E-state index is -1.11. The molecule has 2 heterocycles. The van der Waals surface area contributed by atoms with Gasteiger partial charge in [-0.1, -0.05) is 60.7 Å². The van der Waals surface area contributed by atoms with Gasteiger partial charge in [-0.25, -0.2) is 0 Å². The average Bonchev–Trinajstić information content (AvgIpc) is 3.63. The maximum Gasteiger partial charge on any atom is 0.317 e. The molecule has 10 nitrogen and oxygen atoms in total. The third-order valence-electron chi connectivity index (χ3n) is 6.69. The molecule has 4 rings (SSSR count). The zero-order valence-corrected chi connectivity index (χ0v) is 20.8. The Morgan fingerprint density at radius 2 is 1.63 bits per heavy atom. The maximum absolute atomic E-state index is 14.0. The molecule has 198 valence electrons. The summed E-state index contributed by atoms with van der Waals surface area (Å²) in [5, 5.41) is 26.1. The van der Waals surface area contributed by atoms with Crippen LogP contribution in [-0.4, -0.2) is 58.8 Å². The van der Waals surface area contributed by atoms with E-state index in [-0.39, 0.29) is 11.6 Å². The third kappa shape index (κ3) is 6.34. The second-order valence-corrected chi connectivity index (χ2v) is 9.29. The van der Waals surface area contributed by atoms with E-state index in [2.05, 4.69) is 20.9 Å². The van der Waals surface area contributed by atoms with Crippen LogP contribution >= 0.6 is 0 Å². The number of amides is 1. The molecule has 38 heavy (non-hydrogen) atoms. The molecule has 0 saturated carbocycles. The molecule has 1 saturated heterocycles. The number of nitrogens with two attached hydrogens (primary N) is 1. The summed E-state index contributed by atoms with van der Waals surface area (Å²) in [4.78, 5) is 42.0. The molecule has 0 radical (unpaired) electrons. The standard InChI is InChI=1S/C28H32N6O4/c29-27(30)21-14-13-19(33-21)24(26(37)20-12-7-15-31-20)34-28(38)25(32-16-22(35)36)23(17-8-3-1-4-9-17)18-10-5-2-6-11-18/h1-6,8-11,13-14,20,23-25,31-33H,7,12,15-16H2,(H3,29,30)(H,34,38)(H,35,36)/t20-,24?,25+/m0/s1. The Morgan fingerprint density at radius 3 is 2.13 bits per heavy atom. The van der Waals surface area contributed by atoms with Crippen molar-refractivity contribution in [1.29, 1.82) is 5.41 Å². The number of hydrogen-bond donors (Lipinski definition) is 7. The molecule has 2 aromatic carbocycles. The van der Waals surface area contributed by atoms with Crippen molar-refractivity contribution in [1.82, 2.24) is 20.9 Å². The van der Waals surface area contributed by atoms with Gasteiger partial charge in [0.15, 0.2) is 5.78 Å². The third-order valence-corrected chi connectivity index (χ3v) is 6.69. The van der Waals surface area contributed by atoms with Crippen LogP contribution < -0.4 is 21.7 Å². The number of nitrogen functional groups attached to an aromatic ring is 1. The van der Waals surface area contributed by atoms with E-state index in [0.717, 1.165) is 17.5 Å². The summed E-state index contributed by atoms with van der Waals surface area (Å²) < 4.78 is 0. The minimum absolute atomic E-state index is 0.193. The van der Waals surface area contributed by atoms with E-state index >= 15 is 0 Å². The van der Waals surface area contributed by atoms with Crippen LogP contribution in [-0.2, 0) is 14.4 Å². The van der Waals surface area contributed by atoms with E-state index in [4.69, 9.17) is 11.1 Å². The smallest absolute Gasteiger partial charge is 0.317 e. The Morgan fingerprint density at radius 1 is 1.00 bits per heavy atom. The quantitative estimate of drug-likeness (QED) is 0.142. The van der Waals surface area contributed by atoms with Crippen molar-refractivity contribution in [2.24, 2.45) is 5.73 Å². The van der Waals surface area contributed by atoms with Gasteiger partial charge in [0.25, 0.3) is 0 Å². The first-order valence-corrected chi connectivity index (χ1v) is 12.5. The molecule has 1 aliphatic heterocycles. The SMILES string of the molecule is N=C(N)c1ccc(C(NC(=O)[C@H](NCC(=O)O)C(c2ccccc2)c2ccccc2)C(=O)[C@@H]2CCCN2)[nH]1. The number of rotatable bonds is 12. The molecule has 8 N–H and O–H groups in total. The summed E-state index contributed by atoms with van der Waals surface area (Å²) in [5.74, 6) is -2.59. The number of amidine groups is 1. The van der Waals surface area contributed by atoms with Crippen LogP contribution in [0.3, 0.4) is 0 Å². The van der Waals surface area contributed by atoms with E-state index < -0.39 is 42.5 Å². The number of H-pyrrole nitrogens is 1. The summed E-state index contributed by atoms with van der Waals surface area (Å²) in [6.07, 6.45) is 1.48. The summed E-state index contributed by atoms with van der Waals surface area (Å²) in [6.45, 7) is 0.251. The first-order valence-electron chi connectivity index (χ1n) is 12.5. The lowest BCUT2D eigenvalue weighted by Crippen LogP contribution is -2.52. The second kappa shape index (κ2) is 12.3. The van der Waals surface area contributed by atoms with Crippen LogP contribution in [0.4, 0.5) is 0 Å². The van der Waals surface area contributed by atoms with E-state index in [0.29, 0.717) is 24.4 Å². The Balaban J connectivity index is 1.72. The lowest BCUT2D eigenvalue weighted by molar-refractivity contribution is -0.136. The number of carbonyl (C=O) groups is 3. The van der Waals surface area contributed by atoms with Crippen molar-refractivity contribution in [3.63, 3.8) is 0 Å². The monoisotopic (exact) mass is 516 g/mol. The molecule has 1 amide bonds. The molecule has 1 unspecified atom stereocenters. The zero-order chi connectivity index (χ0) is 27.1. The number of aromatic nitrogens is 1. The van der Waals surface area contributed by atoms with E-state index in [1.807, 2.05) is 60.7 Å². The molecular weight excluding hydrogens is 484 g/mol. The topological polar surface area (TPSA) is 173 Å². The minimum Gasteiger partial charge on any atom is -0.480 e. The van der Waals surface area contributed by atoms with Crippen LogP contribution in [0.2, 0.25) is 0 Å². The zero-order valence-electron chi connectivity index (χ0n) is 20.8. The molecule has 0 spiro atoms. The van der Waals surface area contributed by atoms with E-state index in [9.17, 15) is 19.5 Å². The normalized spacial score (nSPS) is 16.6.